The van der Waals surface area contributed by atoms with E-state index in [2.05, 4.69) is 21.2 Å². The van der Waals surface area contributed by atoms with Gasteiger partial charge in [-0.2, -0.15) is 0 Å². The molecule has 1 unspecified atom stereocenters. The second kappa shape index (κ2) is 12.1. The van der Waals surface area contributed by atoms with Gasteiger partial charge in [-0.15, -0.1) is 0 Å². The Balaban J connectivity index is 1.14. The lowest BCUT2D eigenvalue weighted by Gasteiger charge is -2.36. The Kier molecular flexibility index (Phi) is 8.66. The third-order valence-electron chi connectivity index (χ3n) is 6.49. The third kappa shape index (κ3) is 6.64. The number of anilines is 1. The topological polar surface area (TPSA) is 65.1 Å². The molecule has 0 radical (unpaired) electrons. The molecule has 0 aliphatic carbocycles. The van der Waals surface area contributed by atoms with Gasteiger partial charge in [0.15, 0.2) is 0 Å². The maximum absolute atomic E-state index is 12.7. The van der Waals surface area contributed by atoms with Crippen LogP contribution in [0.4, 0.5) is 10.5 Å². The van der Waals surface area contributed by atoms with E-state index in [9.17, 15) is 9.59 Å². The molecule has 2 amide bonds. The average molecular weight is 485 g/mol. The van der Waals surface area contributed by atoms with Crippen LogP contribution in [0.1, 0.15) is 24.8 Å². The lowest BCUT2D eigenvalue weighted by Crippen LogP contribution is -2.48. The molecule has 182 valence electrons. The second-order valence-electron chi connectivity index (χ2n) is 8.84. The third-order valence-corrected chi connectivity index (χ3v) is 6.73. The SMILES string of the molecule is O=C(NCCCN1CCN(c2cccc(Cl)c2)CC1)C1CCCN1C(=O)OCc1ccccc1. The molecule has 1 N–H and O–H groups in total. The van der Waals surface area contributed by atoms with Gasteiger partial charge in [0, 0.05) is 50.0 Å². The highest BCUT2D eigenvalue weighted by Gasteiger charge is 2.35. The van der Waals surface area contributed by atoms with Gasteiger partial charge in [0.05, 0.1) is 0 Å². The Hall–Kier alpha value is -2.77. The van der Waals surface area contributed by atoms with Crippen LogP contribution in [0.25, 0.3) is 0 Å². The highest BCUT2D eigenvalue weighted by molar-refractivity contribution is 6.30. The first-order valence-electron chi connectivity index (χ1n) is 12.1. The van der Waals surface area contributed by atoms with Crippen LogP contribution in [0, 0.1) is 0 Å². The van der Waals surface area contributed by atoms with Crippen molar-refractivity contribution in [2.45, 2.75) is 31.9 Å². The van der Waals surface area contributed by atoms with Crippen LogP contribution in [-0.4, -0.2) is 73.7 Å². The zero-order valence-corrected chi connectivity index (χ0v) is 20.3. The van der Waals surface area contributed by atoms with E-state index in [-0.39, 0.29) is 12.5 Å². The number of hydrogen-bond donors (Lipinski definition) is 1. The molecule has 2 aliphatic rings. The maximum atomic E-state index is 12.7. The molecule has 2 saturated heterocycles. The first-order valence-corrected chi connectivity index (χ1v) is 12.5. The second-order valence-corrected chi connectivity index (χ2v) is 9.28. The molecule has 0 spiro atoms. The normalized spacial score (nSPS) is 18.7. The van der Waals surface area contributed by atoms with Crippen molar-refractivity contribution in [3.8, 4) is 0 Å². The van der Waals surface area contributed by atoms with Crippen molar-refractivity contribution in [3.05, 3.63) is 65.2 Å². The number of benzene rings is 2. The molecule has 8 heteroatoms. The van der Waals surface area contributed by atoms with Crippen LogP contribution in [0.5, 0.6) is 0 Å². The lowest BCUT2D eigenvalue weighted by atomic mass is 10.2. The van der Waals surface area contributed by atoms with Gasteiger partial charge in [-0.25, -0.2) is 4.79 Å². The van der Waals surface area contributed by atoms with E-state index in [1.807, 2.05) is 48.5 Å². The quantitative estimate of drug-likeness (QED) is 0.578. The van der Waals surface area contributed by atoms with Crippen LogP contribution >= 0.6 is 11.6 Å². The van der Waals surface area contributed by atoms with Crippen molar-refractivity contribution < 1.29 is 14.3 Å². The number of nitrogens with zero attached hydrogens (tertiary/aromatic N) is 3. The molecule has 1 atom stereocenters. The van der Waals surface area contributed by atoms with Gasteiger partial charge in [0.1, 0.15) is 12.6 Å². The van der Waals surface area contributed by atoms with Crippen molar-refractivity contribution in [3.63, 3.8) is 0 Å². The monoisotopic (exact) mass is 484 g/mol. The summed E-state index contributed by atoms with van der Waals surface area (Å²) in [7, 11) is 0. The van der Waals surface area contributed by atoms with Gasteiger partial charge in [-0.1, -0.05) is 48.0 Å². The fraction of sp³-hybridized carbons (Fsp3) is 0.462. The molecule has 2 fully saturated rings. The van der Waals surface area contributed by atoms with E-state index in [0.29, 0.717) is 19.5 Å². The van der Waals surface area contributed by atoms with Gasteiger partial charge in [-0.3, -0.25) is 14.6 Å². The molecule has 4 rings (SSSR count). The molecule has 2 heterocycles. The van der Waals surface area contributed by atoms with Crippen molar-refractivity contribution in [1.82, 2.24) is 15.1 Å². The summed E-state index contributed by atoms with van der Waals surface area (Å²) < 4.78 is 5.43. The van der Waals surface area contributed by atoms with Crippen LogP contribution < -0.4 is 10.2 Å². The van der Waals surface area contributed by atoms with Crippen molar-refractivity contribution in [2.24, 2.45) is 0 Å². The predicted molar refractivity (Wildman–Crippen MR) is 134 cm³/mol. The van der Waals surface area contributed by atoms with E-state index < -0.39 is 12.1 Å². The Morgan fingerprint density at radius 1 is 1.00 bits per heavy atom. The van der Waals surface area contributed by atoms with Crippen molar-refractivity contribution >= 4 is 29.3 Å². The zero-order chi connectivity index (χ0) is 23.8. The fourth-order valence-corrected chi connectivity index (χ4v) is 4.78. The first kappa shape index (κ1) is 24.4. The molecule has 2 aromatic carbocycles. The van der Waals surface area contributed by atoms with Gasteiger partial charge in [0.25, 0.3) is 0 Å². The lowest BCUT2D eigenvalue weighted by molar-refractivity contribution is -0.125. The minimum absolute atomic E-state index is 0.0834. The zero-order valence-electron chi connectivity index (χ0n) is 19.5. The summed E-state index contributed by atoms with van der Waals surface area (Å²) in [6.45, 7) is 6.24. The number of likely N-dealkylation sites (tertiary alicyclic amines) is 1. The van der Waals surface area contributed by atoms with Gasteiger partial charge in [0.2, 0.25) is 5.91 Å². The van der Waals surface area contributed by atoms with Gasteiger partial charge < -0.3 is 15.0 Å². The predicted octanol–water partition coefficient (Wildman–Crippen LogP) is 3.77. The van der Waals surface area contributed by atoms with Crippen molar-refractivity contribution in [1.29, 1.82) is 0 Å². The summed E-state index contributed by atoms with van der Waals surface area (Å²) in [5.74, 6) is -0.0834. The van der Waals surface area contributed by atoms with E-state index in [0.717, 1.165) is 56.2 Å². The highest BCUT2D eigenvalue weighted by atomic mass is 35.5. The molecular weight excluding hydrogens is 452 g/mol. The standard InChI is InChI=1S/C26H33ClN4O3/c27-22-9-4-10-23(19-22)30-17-15-29(16-18-30)13-6-12-28-25(32)24-11-5-14-31(24)26(33)34-20-21-7-2-1-3-8-21/h1-4,7-10,19,24H,5-6,11-18,20H2,(H,28,32). The van der Waals surface area contributed by atoms with E-state index in [1.165, 1.54) is 5.69 Å². The molecule has 2 aliphatic heterocycles. The number of halogens is 1. The Labute approximate surface area is 206 Å². The van der Waals surface area contributed by atoms with Crippen LogP contribution in [-0.2, 0) is 16.1 Å². The molecule has 2 aromatic rings. The molecule has 34 heavy (non-hydrogen) atoms. The number of carbonyl (C=O) groups is 2. The summed E-state index contributed by atoms with van der Waals surface area (Å²) in [6.07, 6.45) is 1.96. The van der Waals surface area contributed by atoms with E-state index in [4.69, 9.17) is 16.3 Å². The van der Waals surface area contributed by atoms with E-state index in [1.54, 1.807) is 4.90 Å². The minimum Gasteiger partial charge on any atom is -0.445 e. The molecule has 0 aromatic heterocycles. The summed E-state index contributed by atoms with van der Waals surface area (Å²) in [6, 6.07) is 17.1. The van der Waals surface area contributed by atoms with Crippen molar-refractivity contribution in [2.75, 3.05) is 50.7 Å². The summed E-state index contributed by atoms with van der Waals surface area (Å²) in [5.41, 5.74) is 2.10. The summed E-state index contributed by atoms with van der Waals surface area (Å²) in [4.78, 5) is 31.6. The van der Waals surface area contributed by atoms with Crippen LogP contribution in [0.15, 0.2) is 54.6 Å². The number of rotatable bonds is 8. The Morgan fingerprint density at radius 2 is 1.79 bits per heavy atom. The van der Waals surface area contributed by atoms with Crippen LogP contribution in [0.2, 0.25) is 5.02 Å². The maximum Gasteiger partial charge on any atom is 0.410 e. The molecule has 7 nitrogen and oxygen atoms in total. The first-order chi connectivity index (χ1) is 16.6. The van der Waals surface area contributed by atoms with Gasteiger partial charge in [-0.05, 0) is 49.6 Å². The highest BCUT2D eigenvalue weighted by Crippen LogP contribution is 2.21. The number of piperazine rings is 1. The summed E-state index contributed by atoms with van der Waals surface area (Å²) >= 11 is 6.12. The number of nitrogens with one attached hydrogen (secondary N) is 1. The smallest absolute Gasteiger partial charge is 0.410 e. The van der Waals surface area contributed by atoms with E-state index >= 15 is 0 Å². The molecule has 0 saturated carbocycles. The average Bonchev–Trinajstić information content (AvgIpc) is 3.36. The fourth-order valence-electron chi connectivity index (χ4n) is 4.59. The largest absolute Gasteiger partial charge is 0.445 e. The number of ether oxygens (including phenoxy) is 1. The Morgan fingerprint density at radius 3 is 2.56 bits per heavy atom. The number of carbonyl (C=O) groups excluding carboxylic acids is 2. The summed E-state index contributed by atoms with van der Waals surface area (Å²) in [5, 5.41) is 3.79. The molecular formula is C26H33ClN4O3. The van der Waals surface area contributed by atoms with Gasteiger partial charge >= 0.3 is 6.09 Å². The van der Waals surface area contributed by atoms with Crippen LogP contribution in [0.3, 0.4) is 0 Å². The Bertz CT molecular complexity index is 950. The number of amides is 2. The minimum atomic E-state index is -0.440. The number of hydrogen-bond acceptors (Lipinski definition) is 5. The molecule has 0 bridgehead atoms.